The fourth-order valence-corrected chi connectivity index (χ4v) is 3.60. The van der Waals surface area contributed by atoms with Crippen LogP contribution in [0.3, 0.4) is 0 Å². The smallest absolute Gasteiger partial charge is 0.306 e. The number of carbonyl (C=O) groups excluding carboxylic acids is 1. The maximum absolute atomic E-state index is 12.1. The molecule has 1 aromatic carbocycles. The van der Waals surface area contributed by atoms with Crippen LogP contribution in [0.25, 0.3) is 0 Å². The molecule has 1 saturated heterocycles. The van der Waals surface area contributed by atoms with Gasteiger partial charge >= 0.3 is 5.97 Å². The van der Waals surface area contributed by atoms with Gasteiger partial charge in [0.15, 0.2) is 0 Å². The van der Waals surface area contributed by atoms with E-state index in [1.165, 1.54) is 11.1 Å². The predicted octanol–water partition coefficient (Wildman–Crippen LogP) is 3.84. The summed E-state index contributed by atoms with van der Waals surface area (Å²) in [4.78, 5) is 14.4. The van der Waals surface area contributed by atoms with Crippen LogP contribution in [0.15, 0.2) is 24.3 Å². The molecule has 1 aliphatic rings. The molecular weight excluding hydrogens is 286 g/mol. The topological polar surface area (TPSA) is 29.5 Å². The molecule has 0 N–H and O–H groups in total. The fourth-order valence-electron chi connectivity index (χ4n) is 3.60. The van der Waals surface area contributed by atoms with Crippen molar-refractivity contribution in [3.8, 4) is 0 Å². The van der Waals surface area contributed by atoms with Crippen LogP contribution in [0.2, 0.25) is 0 Å². The minimum Gasteiger partial charge on any atom is -0.458 e. The van der Waals surface area contributed by atoms with E-state index in [0.717, 1.165) is 25.8 Å². The molecule has 0 unspecified atom stereocenters. The highest BCUT2D eigenvalue weighted by Gasteiger charge is 2.45. The van der Waals surface area contributed by atoms with Gasteiger partial charge in [-0.15, -0.1) is 0 Å². The summed E-state index contributed by atoms with van der Waals surface area (Å²) in [6, 6.07) is 9.18. The number of likely N-dealkylation sites (tertiary alicyclic amines) is 1. The summed E-state index contributed by atoms with van der Waals surface area (Å²) in [5.74, 6) is 0.240. The molecule has 1 fully saturated rings. The van der Waals surface area contributed by atoms with Gasteiger partial charge in [0.2, 0.25) is 0 Å². The van der Waals surface area contributed by atoms with Crippen molar-refractivity contribution < 1.29 is 9.53 Å². The van der Waals surface area contributed by atoms with Crippen molar-refractivity contribution in [1.82, 2.24) is 4.90 Å². The van der Waals surface area contributed by atoms with Crippen LogP contribution in [0.5, 0.6) is 0 Å². The van der Waals surface area contributed by atoms with Crippen molar-refractivity contribution in [1.29, 1.82) is 0 Å². The summed E-state index contributed by atoms with van der Waals surface area (Å²) in [6.45, 7) is 9.44. The van der Waals surface area contributed by atoms with Crippen LogP contribution in [0, 0.1) is 5.92 Å². The number of hydrogen-bond acceptors (Lipinski definition) is 3. The molecule has 1 heterocycles. The molecule has 0 amide bonds. The lowest BCUT2D eigenvalue weighted by molar-refractivity contribution is -0.174. The number of nitrogens with zero attached hydrogens (tertiary/aromatic N) is 1. The normalized spacial score (nSPS) is 28.6. The third kappa shape index (κ3) is 4.14. The Balaban J connectivity index is 2.27. The Labute approximate surface area is 141 Å². The molecule has 0 saturated carbocycles. The number of benzene rings is 1. The first-order valence-electron chi connectivity index (χ1n) is 8.90. The second-order valence-corrected chi connectivity index (χ2v) is 7.13. The molecule has 1 aromatic rings. The van der Waals surface area contributed by atoms with Gasteiger partial charge < -0.3 is 9.64 Å². The number of rotatable bonds is 5. The van der Waals surface area contributed by atoms with E-state index in [4.69, 9.17) is 4.74 Å². The highest BCUT2D eigenvalue weighted by molar-refractivity contribution is 5.69. The Morgan fingerprint density at radius 3 is 2.39 bits per heavy atom. The maximum atomic E-state index is 12.1. The third-order valence-electron chi connectivity index (χ3n) is 5.39. The molecule has 0 aromatic heterocycles. The summed E-state index contributed by atoms with van der Waals surface area (Å²) in [5.41, 5.74) is 2.22. The van der Waals surface area contributed by atoms with E-state index >= 15 is 0 Å². The first-order chi connectivity index (χ1) is 10.9. The lowest BCUT2D eigenvalue weighted by Crippen LogP contribution is -2.56. The largest absolute Gasteiger partial charge is 0.458 e. The SMILES string of the molecule is CCC(=O)O[C@]1(Cc2ccc(CC)cc2)C[C@H](C)N(C)C[C@H]1C. The zero-order chi connectivity index (χ0) is 17.0. The molecule has 0 bridgehead atoms. The monoisotopic (exact) mass is 317 g/mol. The van der Waals surface area contributed by atoms with Crippen LogP contribution in [-0.4, -0.2) is 36.1 Å². The van der Waals surface area contributed by atoms with Gasteiger partial charge in [0.25, 0.3) is 0 Å². The predicted molar refractivity (Wildman–Crippen MR) is 94.5 cm³/mol. The van der Waals surface area contributed by atoms with Gasteiger partial charge in [0, 0.05) is 37.8 Å². The van der Waals surface area contributed by atoms with Crippen LogP contribution in [0.4, 0.5) is 0 Å². The molecule has 0 radical (unpaired) electrons. The van der Waals surface area contributed by atoms with Crippen molar-refractivity contribution in [2.24, 2.45) is 5.92 Å². The van der Waals surface area contributed by atoms with E-state index in [0.29, 0.717) is 18.4 Å². The molecule has 3 nitrogen and oxygen atoms in total. The molecular formula is C20H31NO2. The minimum atomic E-state index is -0.382. The Kier molecular flexibility index (Phi) is 5.85. The standard InChI is InChI=1S/C20H31NO2/c1-6-17-8-10-18(11-9-17)13-20(23-19(22)7-2)12-16(4)21(5)14-15(20)3/h8-11,15-16H,6-7,12-14H2,1-5H3/t15-,16+,20+/m1/s1. The summed E-state index contributed by atoms with van der Waals surface area (Å²) < 4.78 is 6.05. The molecule has 0 spiro atoms. The average Bonchev–Trinajstić information content (AvgIpc) is 2.53. The number of ether oxygens (including phenoxy) is 1. The molecule has 3 heteroatoms. The van der Waals surface area contributed by atoms with E-state index in [1.54, 1.807) is 0 Å². The lowest BCUT2D eigenvalue weighted by atomic mass is 9.75. The Morgan fingerprint density at radius 2 is 1.83 bits per heavy atom. The highest BCUT2D eigenvalue weighted by atomic mass is 16.6. The summed E-state index contributed by atoms with van der Waals surface area (Å²) >= 11 is 0. The molecule has 2 rings (SSSR count). The zero-order valence-electron chi connectivity index (χ0n) is 15.3. The highest BCUT2D eigenvalue weighted by Crippen LogP contribution is 2.37. The second-order valence-electron chi connectivity index (χ2n) is 7.13. The van der Waals surface area contributed by atoms with Crippen molar-refractivity contribution in [2.45, 2.75) is 65.0 Å². The summed E-state index contributed by atoms with van der Waals surface area (Å²) in [5, 5.41) is 0. The number of esters is 1. The maximum Gasteiger partial charge on any atom is 0.306 e. The Bertz CT molecular complexity index is 525. The van der Waals surface area contributed by atoms with E-state index in [-0.39, 0.29) is 11.6 Å². The van der Waals surface area contributed by atoms with Gasteiger partial charge in [0.1, 0.15) is 5.60 Å². The lowest BCUT2D eigenvalue weighted by Gasteiger charge is -2.48. The van der Waals surface area contributed by atoms with E-state index < -0.39 is 0 Å². The van der Waals surface area contributed by atoms with E-state index in [9.17, 15) is 4.79 Å². The molecule has 128 valence electrons. The first kappa shape index (κ1) is 18.0. The minimum absolute atomic E-state index is 0.0845. The van der Waals surface area contributed by atoms with Crippen molar-refractivity contribution in [3.05, 3.63) is 35.4 Å². The quantitative estimate of drug-likeness (QED) is 0.773. The van der Waals surface area contributed by atoms with Crippen molar-refractivity contribution >= 4 is 5.97 Å². The van der Waals surface area contributed by atoms with Gasteiger partial charge in [-0.1, -0.05) is 45.0 Å². The van der Waals surface area contributed by atoms with Crippen molar-refractivity contribution in [2.75, 3.05) is 13.6 Å². The second kappa shape index (κ2) is 7.48. The first-order valence-corrected chi connectivity index (χ1v) is 8.90. The van der Waals surface area contributed by atoms with E-state index in [2.05, 4.69) is 57.0 Å². The van der Waals surface area contributed by atoms with Crippen LogP contribution in [-0.2, 0) is 22.4 Å². The Morgan fingerprint density at radius 1 is 1.22 bits per heavy atom. The summed E-state index contributed by atoms with van der Waals surface area (Å²) in [7, 11) is 2.16. The molecule has 23 heavy (non-hydrogen) atoms. The Hall–Kier alpha value is -1.35. The summed E-state index contributed by atoms with van der Waals surface area (Å²) in [6.07, 6.45) is 3.19. The van der Waals surface area contributed by atoms with Crippen LogP contribution in [0.1, 0.15) is 51.7 Å². The van der Waals surface area contributed by atoms with Crippen LogP contribution < -0.4 is 0 Å². The number of hydrogen-bond donors (Lipinski definition) is 0. The third-order valence-corrected chi connectivity index (χ3v) is 5.39. The average molecular weight is 317 g/mol. The van der Waals surface area contributed by atoms with Crippen molar-refractivity contribution in [3.63, 3.8) is 0 Å². The van der Waals surface area contributed by atoms with Crippen LogP contribution >= 0.6 is 0 Å². The molecule has 0 aliphatic carbocycles. The number of aryl methyl sites for hydroxylation is 1. The number of carbonyl (C=O) groups is 1. The van der Waals surface area contributed by atoms with Gasteiger partial charge in [-0.05, 0) is 31.5 Å². The molecule has 1 aliphatic heterocycles. The van der Waals surface area contributed by atoms with Gasteiger partial charge in [-0.3, -0.25) is 4.79 Å². The number of piperidine rings is 1. The zero-order valence-corrected chi connectivity index (χ0v) is 15.3. The van der Waals surface area contributed by atoms with Gasteiger partial charge in [-0.2, -0.15) is 0 Å². The van der Waals surface area contributed by atoms with Gasteiger partial charge in [0.05, 0.1) is 0 Å². The molecule has 3 atom stereocenters. The fraction of sp³-hybridized carbons (Fsp3) is 0.650. The van der Waals surface area contributed by atoms with E-state index in [1.807, 2.05) is 6.92 Å². The van der Waals surface area contributed by atoms with Gasteiger partial charge in [-0.25, -0.2) is 0 Å².